The third-order valence-electron chi connectivity index (χ3n) is 3.27. The second kappa shape index (κ2) is 8.22. The van der Waals surface area contributed by atoms with Gasteiger partial charge < -0.3 is 14.4 Å². The summed E-state index contributed by atoms with van der Waals surface area (Å²) < 4.78 is 11.5. The molecule has 0 atom stereocenters. The van der Waals surface area contributed by atoms with Crippen molar-refractivity contribution in [3.8, 4) is 11.5 Å². The molecule has 0 fully saturated rings. The standard InChI is InChI=1S/C17H17BrClNO3/c1-20(9-10-23-16-6-4-3-5-15(16)19)17(21)13-11-12(22-2)7-8-14(13)18/h3-8,11H,9-10H2,1-2H3. The Kier molecular flexibility index (Phi) is 6.30. The van der Waals surface area contributed by atoms with Crippen molar-refractivity contribution >= 4 is 33.4 Å². The number of carbonyl (C=O) groups excluding carboxylic acids is 1. The van der Waals surface area contributed by atoms with Crippen LogP contribution in [0.1, 0.15) is 10.4 Å². The van der Waals surface area contributed by atoms with Gasteiger partial charge in [0.1, 0.15) is 18.1 Å². The van der Waals surface area contributed by atoms with Crippen molar-refractivity contribution < 1.29 is 14.3 Å². The lowest BCUT2D eigenvalue weighted by Gasteiger charge is -2.19. The summed E-state index contributed by atoms with van der Waals surface area (Å²) in [5.74, 6) is 1.13. The van der Waals surface area contributed by atoms with Crippen molar-refractivity contribution in [2.45, 2.75) is 0 Å². The minimum atomic E-state index is -0.112. The molecule has 0 aliphatic heterocycles. The number of nitrogens with zero attached hydrogens (tertiary/aromatic N) is 1. The Morgan fingerprint density at radius 1 is 1.26 bits per heavy atom. The molecule has 0 saturated heterocycles. The fraction of sp³-hybridized carbons (Fsp3) is 0.235. The average Bonchev–Trinajstić information content (AvgIpc) is 2.56. The van der Waals surface area contributed by atoms with Gasteiger partial charge in [0.05, 0.1) is 24.2 Å². The van der Waals surface area contributed by atoms with E-state index in [-0.39, 0.29) is 5.91 Å². The van der Waals surface area contributed by atoms with E-state index in [1.807, 2.05) is 12.1 Å². The number of carbonyl (C=O) groups is 1. The molecule has 122 valence electrons. The van der Waals surface area contributed by atoms with E-state index in [2.05, 4.69) is 15.9 Å². The number of para-hydroxylation sites is 1. The first-order chi connectivity index (χ1) is 11.0. The third kappa shape index (κ3) is 4.62. The zero-order chi connectivity index (χ0) is 16.8. The first-order valence-electron chi connectivity index (χ1n) is 6.99. The molecule has 2 rings (SSSR count). The Morgan fingerprint density at radius 3 is 2.70 bits per heavy atom. The number of benzene rings is 2. The maximum atomic E-state index is 12.5. The van der Waals surface area contributed by atoms with Gasteiger partial charge >= 0.3 is 0 Å². The van der Waals surface area contributed by atoms with Crippen molar-refractivity contribution in [1.29, 1.82) is 0 Å². The minimum Gasteiger partial charge on any atom is -0.497 e. The average molecular weight is 399 g/mol. The monoisotopic (exact) mass is 397 g/mol. The molecule has 0 unspecified atom stereocenters. The molecule has 0 N–H and O–H groups in total. The highest BCUT2D eigenvalue weighted by Crippen LogP contribution is 2.24. The fourth-order valence-electron chi connectivity index (χ4n) is 1.96. The summed E-state index contributed by atoms with van der Waals surface area (Å²) >= 11 is 9.42. The largest absolute Gasteiger partial charge is 0.497 e. The summed E-state index contributed by atoms with van der Waals surface area (Å²) in [7, 11) is 3.29. The smallest absolute Gasteiger partial charge is 0.254 e. The normalized spacial score (nSPS) is 10.3. The Labute approximate surface area is 149 Å². The summed E-state index contributed by atoms with van der Waals surface area (Å²) in [6.45, 7) is 0.793. The molecular formula is C17H17BrClNO3. The molecule has 1 amide bonds. The van der Waals surface area contributed by atoms with Crippen LogP contribution >= 0.6 is 27.5 Å². The highest BCUT2D eigenvalue weighted by Gasteiger charge is 2.16. The van der Waals surface area contributed by atoms with E-state index in [9.17, 15) is 4.79 Å². The zero-order valence-electron chi connectivity index (χ0n) is 12.9. The number of halogens is 2. The molecule has 0 spiro atoms. The summed E-state index contributed by atoms with van der Waals surface area (Å²) in [4.78, 5) is 14.1. The van der Waals surface area contributed by atoms with E-state index >= 15 is 0 Å². The molecule has 0 bridgehead atoms. The highest BCUT2D eigenvalue weighted by molar-refractivity contribution is 9.10. The van der Waals surface area contributed by atoms with Crippen LogP contribution < -0.4 is 9.47 Å². The third-order valence-corrected chi connectivity index (χ3v) is 4.28. The SMILES string of the molecule is COc1ccc(Br)c(C(=O)N(C)CCOc2ccccc2Cl)c1. The van der Waals surface area contributed by atoms with Crippen LogP contribution in [0.25, 0.3) is 0 Å². The van der Waals surface area contributed by atoms with E-state index in [0.717, 1.165) is 4.47 Å². The van der Waals surface area contributed by atoms with Crippen LogP contribution in [0.3, 0.4) is 0 Å². The lowest BCUT2D eigenvalue weighted by Crippen LogP contribution is -2.31. The van der Waals surface area contributed by atoms with Crippen LogP contribution in [0.5, 0.6) is 11.5 Å². The Balaban J connectivity index is 1.96. The fourth-order valence-corrected chi connectivity index (χ4v) is 2.56. The molecule has 0 aromatic heterocycles. The predicted octanol–water partition coefficient (Wildman–Crippen LogP) is 4.26. The van der Waals surface area contributed by atoms with Gasteiger partial charge in [-0.05, 0) is 46.3 Å². The number of likely N-dealkylation sites (N-methyl/N-ethyl adjacent to an activating group) is 1. The molecule has 23 heavy (non-hydrogen) atoms. The topological polar surface area (TPSA) is 38.8 Å². The van der Waals surface area contributed by atoms with Crippen LogP contribution in [0.2, 0.25) is 5.02 Å². The van der Waals surface area contributed by atoms with E-state index in [1.165, 1.54) is 0 Å². The van der Waals surface area contributed by atoms with Crippen LogP contribution in [0.4, 0.5) is 0 Å². The molecule has 0 aliphatic carbocycles. The first kappa shape index (κ1) is 17.6. The van der Waals surface area contributed by atoms with Gasteiger partial charge in [-0.2, -0.15) is 0 Å². The van der Waals surface area contributed by atoms with Gasteiger partial charge in [0, 0.05) is 11.5 Å². The molecule has 2 aromatic rings. The Bertz CT molecular complexity index is 693. The minimum absolute atomic E-state index is 0.112. The molecule has 0 heterocycles. The van der Waals surface area contributed by atoms with Crippen molar-refractivity contribution in [1.82, 2.24) is 4.90 Å². The summed E-state index contributed by atoms with van der Waals surface area (Å²) in [5, 5.41) is 0.553. The number of ether oxygens (including phenoxy) is 2. The van der Waals surface area contributed by atoms with Crippen LogP contribution in [-0.2, 0) is 0 Å². The van der Waals surface area contributed by atoms with Crippen molar-refractivity contribution in [3.63, 3.8) is 0 Å². The molecule has 6 heteroatoms. The van der Waals surface area contributed by atoms with Crippen molar-refractivity contribution in [2.24, 2.45) is 0 Å². The molecule has 4 nitrogen and oxygen atoms in total. The van der Waals surface area contributed by atoms with Gasteiger partial charge in [0.25, 0.3) is 5.91 Å². The summed E-state index contributed by atoms with van der Waals surface area (Å²) in [6.07, 6.45) is 0. The maximum Gasteiger partial charge on any atom is 0.254 e. The van der Waals surface area contributed by atoms with Gasteiger partial charge in [-0.15, -0.1) is 0 Å². The predicted molar refractivity (Wildman–Crippen MR) is 94.6 cm³/mol. The lowest BCUT2D eigenvalue weighted by molar-refractivity contribution is 0.0772. The maximum absolute atomic E-state index is 12.5. The summed E-state index contributed by atoms with van der Waals surface area (Å²) in [6, 6.07) is 12.5. The van der Waals surface area contributed by atoms with Crippen LogP contribution in [-0.4, -0.2) is 38.1 Å². The molecule has 0 saturated carbocycles. The van der Waals surface area contributed by atoms with Gasteiger partial charge in [-0.25, -0.2) is 0 Å². The number of amides is 1. The van der Waals surface area contributed by atoms with Gasteiger partial charge in [0.15, 0.2) is 0 Å². The Morgan fingerprint density at radius 2 is 2.00 bits per heavy atom. The van der Waals surface area contributed by atoms with Gasteiger partial charge in [0.2, 0.25) is 0 Å². The van der Waals surface area contributed by atoms with Gasteiger partial charge in [-0.3, -0.25) is 4.79 Å². The van der Waals surface area contributed by atoms with Crippen LogP contribution in [0.15, 0.2) is 46.9 Å². The quantitative estimate of drug-likeness (QED) is 0.730. The molecule has 0 aliphatic rings. The van der Waals surface area contributed by atoms with E-state index < -0.39 is 0 Å². The molecular weight excluding hydrogens is 382 g/mol. The zero-order valence-corrected chi connectivity index (χ0v) is 15.2. The second-order valence-electron chi connectivity index (χ2n) is 4.85. The van der Waals surface area contributed by atoms with E-state index in [1.54, 1.807) is 49.4 Å². The molecule has 0 radical (unpaired) electrons. The van der Waals surface area contributed by atoms with E-state index in [0.29, 0.717) is 35.2 Å². The van der Waals surface area contributed by atoms with Crippen LogP contribution in [0, 0.1) is 0 Å². The number of methoxy groups -OCH3 is 1. The number of rotatable bonds is 6. The van der Waals surface area contributed by atoms with Crippen molar-refractivity contribution in [3.05, 3.63) is 57.5 Å². The highest BCUT2D eigenvalue weighted by atomic mass is 79.9. The Hall–Kier alpha value is -1.72. The lowest BCUT2D eigenvalue weighted by atomic mass is 10.2. The van der Waals surface area contributed by atoms with Gasteiger partial charge in [-0.1, -0.05) is 23.7 Å². The summed E-state index contributed by atoms with van der Waals surface area (Å²) in [5.41, 5.74) is 0.546. The first-order valence-corrected chi connectivity index (χ1v) is 8.16. The second-order valence-corrected chi connectivity index (χ2v) is 6.11. The van der Waals surface area contributed by atoms with E-state index in [4.69, 9.17) is 21.1 Å². The number of hydrogen-bond donors (Lipinski definition) is 0. The molecule has 2 aromatic carbocycles. The number of hydrogen-bond acceptors (Lipinski definition) is 3. The van der Waals surface area contributed by atoms with Crippen molar-refractivity contribution in [2.75, 3.05) is 27.3 Å².